The van der Waals surface area contributed by atoms with E-state index in [2.05, 4.69) is 25.6 Å². The fourth-order valence-corrected chi connectivity index (χ4v) is 2.88. The fourth-order valence-electron chi connectivity index (χ4n) is 2.88. The molecule has 0 aliphatic heterocycles. The minimum atomic E-state index is -1.01. The van der Waals surface area contributed by atoms with Gasteiger partial charge in [-0.05, 0) is 48.5 Å². The third-order valence-corrected chi connectivity index (χ3v) is 4.57. The van der Waals surface area contributed by atoms with Gasteiger partial charge in [-0.15, -0.1) is 0 Å². The van der Waals surface area contributed by atoms with E-state index in [0.717, 1.165) is 19.3 Å². The number of amides is 1. The average molecular weight is 422 g/mol. The van der Waals surface area contributed by atoms with E-state index in [1.807, 2.05) is 0 Å². The highest BCUT2D eigenvalue weighted by Crippen LogP contribution is 2.28. The Kier molecular flexibility index (Phi) is 8.94. The van der Waals surface area contributed by atoms with Gasteiger partial charge in [0.25, 0.3) is 0 Å². The number of carboxylic acids is 1. The molecule has 0 bridgehead atoms. The Hall–Kier alpha value is -3.28. The number of nitro benzene ring substituents is 1. The maximum Gasteiger partial charge on any atom is 0.320 e. The topological polar surface area (TPSA) is 187 Å². The van der Waals surface area contributed by atoms with Crippen molar-refractivity contribution >= 4 is 34.3 Å². The van der Waals surface area contributed by atoms with Crippen LogP contribution >= 0.6 is 0 Å². The van der Waals surface area contributed by atoms with Crippen LogP contribution in [0.4, 0.5) is 11.4 Å². The van der Waals surface area contributed by atoms with Gasteiger partial charge >= 0.3 is 11.7 Å². The SMILES string of the molecule is N[C@@H](CCCCNC(=O)CCCCCNc1ccc([N+](=O)[O-])c2nonc12)C(=O)O. The molecular formula is C18H26N6O6. The Morgan fingerprint density at radius 2 is 1.87 bits per heavy atom. The standard InChI is InChI=1S/C18H26N6O6/c19-12(18(26)27)6-3-5-11-21-15(25)7-2-1-4-10-20-13-8-9-14(24(28)29)17-16(13)22-30-23-17/h8-9,12,20H,1-7,10-11,19H2,(H,21,25)(H,26,27)/t12-/m0/s1. The van der Waals surface area contributed by atoms with E-state index in [9.17, 15) is 19.7 Å². The number of carbonyl (C=O) groups is 2. The molecule has 5 N–H and O–H groups in total. The van der Waals surface area contributed by atoms with Crippen LogP contribution in [0.5, 0.6) is 0 Å². The first-order chi connectivity index (χ1) is 14.4. The third-order valence-electron chi connectivity index (χ3n) is 4.57. The zero-order chi connectivity index (χ0) is 21.9. The summed E-state index contributed by atoms with van der Waals surface area (Å²) in [5.41, 5.74) is 6.28. The molecule has 1 atom stereocenters. The minimum Gasteiger partial charge on any atom is -0.480 e. The van der Waals surface area contributed by atoms with Crippen LogP contribution in [0.15, 0.2) is 16.8 Å². The number of fused-ring (bicyclic) bond motifs is 1. The van der Waals surface area contributed by atoms with Gasteiger partial charge in [0, 0.05) is 25.6 Å². The number of carbonyl (C=O) groups excluding carboxylic acids is 1. The highest BCUT2D eigenvalue weighted by Gasteiger charge is 2.19. The first-order valence-corrected chi connectivity index (χ1v) is 9.78. The van der Waals surface area contributed by atoms with Crippen molar-refractivity contribution in [2.75, 3.05) is 18.4 Å². The first-order valence-electron chi connectivity index (χ1n) is 9.78. The molecule has 1 aromatic heterocycles. The second-order valence-electron chi connectivity index (χ2n) is 6.88. The van der Waals surface area contributed by atoms with Gasteiger partial charge in [-0.25, -0.2) is 4.63 Å². The Bertz CT molecular complexity index is 870. The number of hydrogen-bond donors (Lipinski definition) is 4. The predicted octanol–water partition coefficient (Wildman–Crippen LogP) is 1.80. The average Bonchev–Trinajstić information content (AvgIpc) is 3.19. The molecule has 12 nitrogen and oxygen atoms in total. The van der Waals surface area contributed by atoms with Crippen LogP contribution in [-0.4, -0.2) is 51.4 Å². The molecule has 30 heavy (non-hydrogen) atoms. The largest absolute Gasteiger partial charge is 0.480 e. The van der Waals surface area contributed by atoms with Crippen LogP contribution in [0.2, 0.25) is 0 Å². The minimum absolute atomic E-state index is 0.0313. The summed E-state index contributed by atoms with van der Waals surface area (Å²) in [4.78, 5) is 32.8. The zero-order valence-electron chi connectivity index (χ0n) is 16.5. The second-order valence-corrected chi connectivity index (χ2v) is 6.88. The van der Waals surface area contributed by atoms with E-state index in [-0.39, 0.29) is 17.1 Å². The van der Waals surface area contributed by atoms with Gasteiger partial charge in [-0.1, -0.05) is 6.42 Å². The van der Waals surface area contributed by atoms with Crippen LogP contribution in [-0.2, 0) is 9.59 Å². The van der Waals surface area contributed by atoms with E-state index in [1.165, 1.54) is 6.07 Å². The van der Waals surface area contributed by atoms with Crippen molar-refractivity contribution in [2.24, 2.45) is 5.73 Å². The summed E-state index contributed by atoms with van der Waals surface area (Å²) in [6.45, 7) is 1.12. The van der Waals surface area contributed by atoms with Gasteiger partial charge in [0.05, 0.1) is 10.6 Å². The zero-order valence-corrected chi connectivity index (χ0v) is 16.5. The van der Waals surface area contributed by atoms with Crippen molar-refractivity contribution in [3.63, 3.8) is 0 Å². The number of nitrogens with zero attached hydrogens (tertiary/aromatic N) is 3. The Labute approximate surface area is 172 Å². The molecule has 0 fully saturated rings. The summed E-state index contributed by atoms with van der Waals surface area (Å²) in [5, 5.41) is 32.9. The van der Waals surface area contributed by atoms with Crippen LogP contribution in [0.25, 0.3) is 11.0 Å². The van der Waals surface area contributed by atoms with Crippen LogP contribution in [0.1, 0.15) is 44.9 Å². The van der Waals surface area contributed by atoms with Crippen molar-refractivity contribution in [1.29, 1.82) is 0 Å². The summed E-state index contributed by atoms with van der Waals surface area (Å²) in [6, 6.07) is 2.08. The van der Waals surface area contributed by atoms with E-state index in [0.29, 0.717) is 50.0 Å². The molecule has 0 radical (unpaired) electrons. The van der Waals surface area contributed by atoms with Crippen LogP contribution < -0.4 is 16.4 Å². The normalized spacial score (nSPS) is 11.9. The highest BCUT2D eigenvalue weighted by molar-refractivity contribution is 5.93. The number of rotatable bonds is 14. The van der Waals surface area contributed by atoms with Gasteiger partial charge in [0.1, 0.15) is 6.04 Å². The molecule has 0 saturated carbocycles. The van der Waals surface area contributed by atoms with Crippen molar-refractivity contribution < 1.29 is 24.2 Å². The number of nitrogens with two attached hydrogens (primary N) is 1. The number of benzene rings is 1. The number of aromatic nitrogens is 2. The molecule has 0 aliphatic rings. The van der Waals surface area contributed by atoms with Gasteiger partial charge in [0.15, 0.2) is 5.52 Å². The number of nitro groups is 1. The molecule has 0 aliphatic carbocycles. The van der Waals surface area contributed by atoms with Gasteiger partial charge < -0.3 is 21.5 Å². The van der Waals surface area contributed by atoms with Gasteiger partial charge in [-0.3, -0.25) is 19.7 Å². The van der Waals surface area contributed by atoms with E-state index >= 15 is 0 Å². The molecule has 0 unspecified atom stereocenters. The maximum absolute atomic E-state index is 11.8. The lowest BCUT2D eigenvalue weighted by Gasteiger charge is -2.08. The molecule has 2 aromatic rings. The first kappa shape index (κ1) is 23.0. The number of non-ortho nitro benzene ring substituents is 1. The maximum atomic E-state index is 11.8. The lowest BCUT2D eigenvalue weighted by molar-refractivity contribution is -0.383. The van der Waals surface area contributed by atoms with Crippen LogP contribution in [0.3, 0.4) is 0 Å². The second kappa shape index (κ2) is 11.7. The lowest BCUT2D eigenvalue weighted by atomic mass is 10.1. The van der Waals surface area contributed by atoms with E-state index < -0.39 is 16.9 Å². The molecule has 164 valence electrons. The summed E-state index contributed by atoms with van der Waals surface area (Å²) in [6.07, 6.45) is 4.53. The number of nitrogens with one attached hydrogen (secondary N) is 2. The number of aliphatic carboxylic acids is 1. The Morgan fingerprint density at radius 3 is 2.60 bits per heavy atom. The molecule has 1 aromatic carbocycles. The summed E-state index contributed by atoms with van der Waals surface area (Å²) in [5.74, 6) is -1.04. The smallest absolute Gasteiger partial charge is 0.320 e. The Morgan fingerprint density at radius 1 is 1.13 bits per heavy atom. The monoisotopic (exact) mass is 422 g/mol. The highest BCUT2D eigenvalue weighted by atomic mass is 16.6. The number of hydrogen-bond acceptors (Lipinski definition) is 9. The molecule has 0 saturated heterocycles. The van der Waals surface area contributed by atoms with E-state index in [4.69, 9.17) is 10.8 Å². The summed E-state index contributed by atoms with van der Waals surface area (Å²) >= 11 is 0. The molecular weight excluding hydrogens is 396 g/mol. The van der Waals surface area contributed by atoms with Crippen molar-refractivity contribution in [2.45, 2.75) is 51.0 Å². The molecule has 1 amide bonds. The number of unbranched alkanes of at least 4 members (excludes halogenated alkanes) is 3. The lowest BCUT2D eigenvalue weighted by Crippen LogP contribution is -2.30. The van der Waals surface area contributed by atoms with Gasteiger partial charge in [-0.2, -0.15) is 0 Å². The molecule has 2 rings (SSSR count). The van der Waals surface area contributed by atoms with Crippen molar-refractivity contribution in [1.82, 2.24) is 15.6 Å². The van der Waals surface area contributed by atoms with E-state index in [1.54, 1.807) is 6.07 Å². The summed E-state index contributed by atoms with van der Waals surface area (Å²) in [7, 11) is 0. The van der Waals surface area contributed by atoms with Crippen molar-refractivity contribution in [3.05, 3.63) is 22.2 Å². The quantitative estimate of drug-likeness (QED) is 0.198. The van der Waals surface area contributed by atoms with Gasteiger partial charge in [0.2, 0.25) is 11.4 Å². The Balaban J connectivity index is 1.57. The number of carboxylic acid groups (broad SMARTS) is 1. The van der Waals surface area contributed by atoms with Crippen molar-refractivity contribution in [3.8, 4) is 0 Å². The van der Waals surface area contributed by atoms with Crippen LogP contribution in [0, 0.1) is 10.1 Å². The molecule has 0 spiro atoms. The summed E-state index contributed by atoms with van der Waals surface area (Å²) < 4.78 is 4.62. The predicted molar refractivity (Wildman–Crippen MR) is 108 cm³/mol. The third kappa shape index (κ3) is 6.95. The number of anilines is 1. The molecule has 1 heterocycles. The fraction of sp³-hybridized carbons (Fsp3) is 0.556. The molecule has 12 heteroatoms.